The quantitative estimate of drug-likeness (QED) is 0.376. The van der Waals surface area contributed by atoms with Gasteiger partial charge < -0.3 is 15.1 Å². The van der Waals surface area contributed by atoms with Gasteiger partial charge in [0.1, 0.15) is 17.5 Å². The van der Waals surface area contributed by atoms with Crippen molar-refractivity contribution in [1.82, 2.24) is 15.0 Å². The van der Waals surface area contributed by atoms with Gasteiger partial charge in [-0.15, -0.1) is 0 Å². The maximum atomic E-state index is 13.7. The number of benzene rings is 1. The number of aromatic nitrogens is 3. The van der Waals surface area contributed by atoms with E-state index in [1.807, 2.05) is 4.90 Å². The van der Waals surface area contributed by atoms with E-state index in [1.165, 1.54) is 24.4 Å². The molecule has 0 unspecified atom stereocenters. The number of alkyl halides is 3. The summed E-state index contributed by atoms with van der Waals surface area (Å²) in [5.41, 5.74) is 0.465. The van der Waals surface area contributed by atoms with Crippen LogP contribution in [0.3, 0.4) is 0 Å². The molecule has 1 aromatic carbocycles. The molecule has 11 heteroatoms. The Hall–Kier alpha value is -3.14. The van der Waals surface area contributed by atoms with Gasteiger partial charge in [0.15, 0.2) is 0 Å². The van der Waals surface area contributed by atoms with Crippen molar-refractivity contribution in [2.75, 3.05) is 47.8 Å². The lowest BCUT2D eigenvalue weighted by Gasteiger charge is -2.37. The molecule has 0 atom stereocenters. The lowest BCUT2D eigenvalue weighted by Crippen LogP contribution is -2.47. The molecule has 1 N–H and O–H groups in total. The lowest BCUT2D eigenvalue weighted by molar-refractivity contribution is -0.137. The number of nitrogens with one attached hydrogen (secondary N) is 1. The molecule has 3 heterocycles. The first-order valence-corrected chi connectivity index (χ1v) is 12.1. The first-order chi connectivity index (χ1) is 17.1. The number of halogens is 5. The summed E-state index contributed by atoms with van der Waals surface area (Å²) >= 11 is 5.99. The Kier molecular flexibility index (Phi) is 7.82. The van der Waals surface area contributed by atoms with E-state index in [2.05, 4.69) is 34.1 Å². The molecular weight excluding hydrogens is 496 g/mol. The average Bonchev–Trinajstić information content (AvgIpc) is 2.85. The van der Waals surface area contributed by atoms with Crippen LogP contribution in [0.15, 0.2) is 42.6 Å². The number of rotatable bonds is 7. The van der Waals surface area contributed by atoms with Crippen molar-refractivity contribution >= 4 is 29.2 Å². The largest absolute Gasteiger partial charge is 0.419 e. The van der Waals surface area contributed by atoms with Gasteiger partial charge >= 0.3 is 6.18 Å². The summed E-state index contributed by atoms with van der Waals surface area (Å²) in [5, 5.41) is 3.24. The van der Waals surface area contributed by atoms with Crippen LogP contribution in [-0.4, -0.2) is 47.7 Å². The van der Waals surface area contributed by atoms with Gasteiger partial charge in [-0.1, -0.05) is 25.4 Å². The Balaban J connectivity index is 1.58. The molecule has 3 aromatic rings. The fourth-order valence-electron chi connectivity index (χ4n) is 3.97. The Bertz CT molecular complexity index is 1200. The van der Waals surface area contributed by atoms with Crippen LogP contribution in [0.1, 0.15) is 25.8 Å². The predicted octanol–water partition coefficient (Wildman–Crippen LogP) is 6.13. The van der Waals surface area contributed by atoms with Crippen LogP contribution in [0.2, 0.25) is 5.02 Å². The molecule has 4 rings (SSSR count). The second-order valence-corrected chi connectivity index (χ2v) is 9.43. The van der Waals surface area contributed by atoms with Gasteiger partial charge in [-0.25, -0.2) is 14.4 Å². The van der Waals surface area contributed by atoms with Crippen molar-refractivity contribution in [2.45, 2.75) is 26.4 Å². The molecule has 0 saturated carbocycles. The monoisotopic (exact) mass is 522 g/mol. The summed E-state index contributed by atoms with van der Waals surface area (Å²) in [5.74, 6) is 0.968. The standard InChI is InChI=1S/C25H27ClF4N6/c1-16(2)7-9-32-24-33-21(17-5-6-20(27)19(26)14-17)15-22(34-24)35-10-12-36(13-11-35)23-18(25(28,29)30)4-3-8-31-23/h3-6,8,14-16H,7,9-13H2,1-2H3,(H,32,33,34). The average molecular weight is 523 g/mol. The van der Waals surface area contributed by atoms with E-state index in [9.17, 15) is 17.6 Å². The van der Waals surface area contributed by atoms with Gasteiger partial charge in [0.05, 0.1) is 16.3 Å². The maximum absolute atomic E-state index is 13.7. The highest BCUT2D eigenvalue weighted by atomic mass is 35.5. The number of hydrogen-bond donors (Lipinski definition) is 1. The number of anilines is 3. The molecule has 36 heavy (non-hydrogen) atoms. The van der Waals surface area contributed by atoms with Gasteiger partial charge in [0, 0.05) is 50.6 Å². The third-order valence-electron chi connectivity index (χ3n) is 5.93. The second kappa shape index (κ2) is 10.9. The van der Waals surface area contributed by atoms with Crippen molar-refractivity contribution in [3.05, 3.63) is 59.0 Å². The minimum absolute atomic E-state index is 0.00794. The molecular formula is C25H27ClF4N6. The fraction of sp³-hybridized carbons (Fsp3) is 0.400. The van der Waals surface area contributed by atoms with E-state index >= 15 is 0 Å². The zero-order valence-electron chi connectivity index (χ0n) is 20.0. The molecule has 0 spiro atoms. The summed E-state index contributed by atoms with van der Waals surface area (Å²) in [4.78, 5) is 16.9. The minimum Gasteiger partial charge on any atom is -0.354 e. The second-order valence-electron chi connectivity index (χ2n) is 9.02. The van der Waals surface area contributed by atoms with Gasteiger partial charge in [-0.2, -0.15) is 18.2 Å². The van der Waals surface area contributed by atoms with Crippen molar-refractivity contribution in [3.8, 4) is 11.3 Å². The summed E-state index contributed by atoms with van der Waals surface area (Å²) in [6.45, 7) is 6.50. The molecule has 1 aliphatic rings. The first kappa shape index (κ1) is 25.9. The highest BCUT2D eigenvalue weighted by Crippen LogP contribution is 2.36. The van der Waals surface area contributed by atoms with Crippen LogP contribution >= 0.6 is 11.6 Å². The van der Waals surface area contributed by atoms with Gasteiger partial charge in [0.2, 0.25) is 5.95 Å². The minimum atomic E-state index is -4.48. The fourth-order valence-corrected chi connectivity index (χ4v) is 4.15. The Morgan fingerprint density at radius 3 is 2.42 bits per heavy atom. The summed E-state index contributed by atoms with van der Waals surface area (Å²) in [6, 6.07) is 8.53. The van der Waals surface area contributed by atoms with Crippen molar-refractivity contribution in [3.63, 3.8) is 0 Å². The molecule has 1 fully saturated rings. The van der Waals surface area contributed by atoms with E-state index in [4.69, 9.17) is 11.6 Å². The van der Waals surface area contributed by atoms with Gasteiger partial charge in [0.25, 0.3) is 0 Å². The van der Waals surface area contributed by atoms with Crippen LogP contribution in [0.4, 0.5) is 35.1 Å². The highest BCUT2D eigenvalue weighted by molar-refractivity contribution is 6.31. The lowest BCUT2D eigenvalue weighted by atomic mass is 10.1. The van der Waals surface area contributed by atoms with Gasteiger partial charge in [-0.3, -0.25) is 0 Å². The molecule has 6 nitrogen and oxygen atoms in total. The number of pyridine rings is 1. The summed E-state index contributed by atoms with van der Waals surface area (Å²) < 4.78 is 54.1. The van der Waals surface area contributed by atoms with Crippen LogP contribution in [0.25, 0.3) is 11.3 Å². The van der Waals surface area contributed by atoms with Gasteiger partial charge in [-0.05, 0) is 42.7 Å². The Labute approximate surface area is 212 Å². The number of hydrogen-bond acceptors (Lipinski definition) is 6. The topological polar surface area (TPSA) is 57.2 Å². The first-order valence-electron chi connectivity index (χ1n) is 11.7. The molecule has 192 valence electrons. The Morgan fingerprint density at radius 1 is 1.03 bits per heavy atom. The normalized spacial score (nSPS) is 14.4. The third-order valence-corrected chi connectivity index (χ3v) is 6.22. The highest BCUT2D eigenvalue weighted by Gasteiger charge is 2.36. The molecule has 2 aromatic heterocycles. The van der Waals surface area contributed by atoms with E-state index in [0.717, 1.165) is 12.5 Å². The smallest absolute Gasteiger partial charge is 0.354 e. The van der Waals surface area contributed by atoms with Crippen LogP contribution < -0.4 is 15.1 Å². The van der Waals surface area contributed by atoms with E-state index in [0.29, 0.717) is 61.7 Å². The molecule has 0 bridgehead atoms. The summed E-state index contributed by atoms with van der Waals surface area (Å²) in [7, 11) is 0. The van der Waals surface area contributed by atoms with Crippen molar-refractivity contribution < 1.29 is 17.6 Å². The molecule has 0 radical (unpaired) electrons. The summed E-state index contributed by atoms with van der Waals surface area (Å²) in [6.07, 6.45) is -2.18. The van der Waals surface area contributed by atoms with E-state index in [-0.39, 0.29) is 10.8 Å². The zero-order chi connectivity index (χ0) is 25.9. The third kappa shape index (κ3) is 6.16. The van der Waals surface area contributed by atoms with Crippen molar-refractivity contribution in [1.29, 1.82) is 0 Å². The molecule has 1 saturated heterocycles. The number of nitrogens with zero attached hydrogens (tertiary/aromatic N) is 5. The zero-order valence-corrected chi connectivity index (χ0v) is 20.7. The Morgan fingerprint density at radius 2 is 1.75 bits per heavy atom. The van der Waals surface area contributed by atoms with E-state index in [1.54, 1.807) is 17.0 Å². The molecule has 1 aliphatic heterocycles. The SMILES string of the molecule is CC(C)CCNc1nc(-c2ccc(F)c(Cl)c2)cc(N2CCN(c3ncccc3C(F)(F)F)CC2)n1. The van der Waals surface area contributed by atoms with Crippen LogP contribution in [0, 0.1) is 11.7 Å². The molecule has 0 amide bonds. The number of piperazine rings is 1. The predicted molar refractivity (Wildman–Crippen MR) is 134 cm³/mol. The van der Waals surface area contributed by atoms with Crippen molar-refractivity contribution in [2.24, 2.45) is 5.92 Å². The molecule has 0 aliphatic carbocycles. The maximum Gasteiger partial charge on any atom is 0.419 e. The van der Waals surface area contributed by atoms with Crippen LogP contribution in [-0.2, 0) is 6.18 Å². The van der Waals surface area contributed by atoms with Crippen LogP contribution in [0.5, 0.6) is 0 Å². The van der Waals surface area contributed by atoms with E-state index < -0.39 is 17.6 Å².